The smallest absolute Gasteiger partial charge is 0.150 e. The molecule has 1 nitrogen and oxygen atoms in total. The predicted molar refractivity (Wildman–Crippen MR) is 168 cm³/mol. The summed E-state index contributed by atoms with van der Waals surface area (Å²) in [5.41, 5.74) is 10.8. The number of carbonyl (C=O) groups is 1. The van der Waals surface area contributed by atoms with Crippen molar-refractivity contribution in [1.29, 1.82) is 0 Å². The first-order valence-electron chi connectivity index (χ1n) is 14.2. The Hall–Kier alpha value is -3.41. The van der Waals surface area contributed by atoms with Gasteiger partial charge in [-0.25, -0.2) is 0 Å². The number of aryl methyl sites for hydroxylation is 2. The molecule has 5 rings (SSSR count). The highest BCUT2D eigenvalue weighted by molar-refractivity contribution is 6.83. The van der Waals surface area contributed by atoms with E-state index in [0.717, 1.165) is 24.7 Å². The van der Waals surface area contributed by atoms with Crippen LogP contribution in [0.2, 0.25) is 19.6 Å². The molecular formula is C36H38OSi. The van der Waals surface area contributed by atoms with E-state index in [1.807, 2.05) is 12.1 Å². The minimum atomic E-state index is -1.52. The standard InChI is InChI=1S/C36H38OSi/c1-6-8-10-27-22-29(20-21-38(3,4)5)32-17-16-31-28(11-9-7-2)23-34(26-14-12-25(24-37)13-15-26)33-19-18-30(27)35(32)36(31)33/h12-19,22-24H,6-11H2,1-5H3. The fraction of sp³-hybridized carbons (Fsp3) is 0.306. The van der Waals surface area contributed by atoms with E-state index < -0.39 is 8.07 Å². The Morgan fingerprint density at radius 2 is 1.26 bits per heavy atom. The molecule has 0 atom stereocenters. The van der Waals surface area contributed by atoms with E-state index in [-0.39, 0.29) is 0 Å². The first kappa shape index (κ1) is 26.2. The lowest BCUT2D eigenvalue weighted by Crippen LogP contribution is -2.16. The Morgan fingerprint density at radius 1 is 0.711 bits per heavy atom. The maximum Gasteiger partial charge on any atom is 0.150 e. The zero-order chi connectivity index (χ0) is 26.9. The van der Waals surface area contributed by atoms with Crippen LogP contribution >= 0.6 is 0 Å². The van der Waals surface area contributed by atoms with Gasteiger partial charge in [0, 0.05) is 11.1 Å². The van der Waals surface area contributed by atoms with Gasteiger partial charge < -0.3 is 0 Å². The number of unbranched alkanes of at least 4 members (excludes halogenated alkanes) is 2. The van der Waals surface area contributed by atoms with Gasteiger partial charge >= 0.3 is 0 Å². The minimum absolute atomic E-state index is 0.712. The van der Waals surface area contributed by atoms with Crippen LogP contribution in [0.15, 0.2) is 60.7 Å². The summed E-state index contributed by atoms with van der Waals surface area (Å²) in [6.07, 6.45) is 7.76. The summed E-state index contributed by atoms with van der Waals surface area (Å²) in [5.74, 6) is 3.64. The Labute approximate surface area is 228 Å². The van der Waals surface area contributed by atoms with Gasteiger partial charge in [-0.2, -0.15) is 0 Å². The predicted octanol–water partition coefficient (Wildman–Crippen LogP) is 9.98. The molecule has 0 aliphatic heterocycles. The molecule has 0 unspecified atom stereocenters. The van der Waals surface area contributed by atoms with Crippen LogP contribution in [0.25, 0.3) is 43.4 Å². The van der Waals surface area contributed by atoms with Crippen molar-refractivity contribution in [1.82, 2.24) is 0 Å². The van der Waals surface area contributed by atoms with Crippen LogP contribution in [0.1, 0.15) is 66.6 Å². The quantitative estimate of drug-likeness (QED) is 0.0871. The lowest BCUT2D eigenvalue weighted by atomic mass is 9.83. The second-order valence-electron chi connectivity index (χ2n) is 11.7. The molecule has 0 aromatic heterocycles. The summed E-state index contributed by atoms with van der Waals surface area (Å²) < 4.78 is 0. The number of hydrogen-bond donors (Lipinski definition) is 0. The number of aldehydes is 1. The molecule has 0 N–H and O–H groups in total. The van der Waals surface area contributed by atoms with Gasteiger partial charge in [0.25, 0.3) is 0 Å². The molecular weight excluding hydrogens is 476 g/mol. The van der Waals surface area contributed by atoms with Gasteiger partial charge in [0.2, 0.25) is 0 Å². The summed E-state index contributed by atoms with van der Waals surface area (Å²) in [4.78, 5) is 11.3. The molecule has 0 aliphatic rings. The van der Waals surface area contributed by atoms with Crippen molar-refractivity contribution in [3.63, 3.8) is 0 Å². The number of carbonyl (C=O) groups excluding carboxylic acids is 1. The zero-order valence-corrected chi connectivity index (χ0v) is 24.5. The largest absolute Gasteiger partial charge is 0.298 e. The summed E-state index contributed by atoms with van der Waals surface area (Å²) in [6, 6.07) is 22.2. The molecule has 0 radical (unpaired) electrons. The summed E-state index contributed by atoms with van der Waals surface area (Å²) in [7, 11) is -1.52. The van der Waals surface area contributed by atoms with E-state index in [4.69, 9.17) is 0 Å². The molecule has 0 aliphatic carbocycles. The molecule has 0 amide bonds. The van der Waals surface area contributed by atoms with Crippen molar-refractivity contribution in [2.75, 3.05) is 0 Å². The molecule has 0 saturated carbocycles. The third-order valence-electron chi connectivity index (χ3n) is 7.60. The minimum Gasteiger partial charge on any atom is -0.298 e. The Kier molecular flexibility index (Phi) is 7.42. The van der Waals surface area contributed by atoms with E-state index in [2.05, 4.69) is 93.5 Å². The third-order valence-corrected chi connectivity index (χ3v) is 8.47. The van der Waals surface area contributed by atoms with Crippen molar-refractivity contribution in [2.45, 2.75) is 72.0 Å². The molecule has 0 bridgehead atoms. The summed E-state index contributed by atoms with van der Waals surface area (Å²) in [5, 5.41) is 8.06. The Balaban J connectivity index is 1.90. The van der Waals surface area contributed by atoms with Crippen LogP contribution in [-0.2, 0) is 12.8 Å². The highest BCUT2D eigenvalue weighted by atomic mass is 28.3. The molecule has 0 heterocycles. The van der Waals surface area contributed by atoms with Gasteiger partial charge in [-0.15, -0.1) is 5.54 Å². The van der Waals surface area contributed by atoms with Crippen molar-refractivity contribution in [2.24, 2.45) is 0 Å². The fourth-order valence-electron chi connectivity index (χ4n) is 5.63. The van der Waals surface area contributed by atoms with E-state index in [1.54, 1.807) is 0 Å². The van der Waals surface area contributed by atoms with Crippen LogP contribution in [0, 0.1) is 11.5 Å². The highest BCUT2D eigenvalue weighted by Gasteiger charge is 2.19. The van der Waals surface area contributed by atoms with Gasteiger partial charge in [0.1, 0.15) is 14.4 Å². The van der Waals surface area contributed by atoms with Crippen LogP contribution in [0.5, 0.6) is 0 Å². The van der Waals surface area contributed by atoms with Crippen molar-refractivity contribution in [3.05, 3.63) is 82.9 Å². The average molecular weight is 515 g/mol. The monoisotopic (exact) mass is 514 g/mol. The molecule has 5 aromatic carbocycles. The Morgan fingerprint density at radius 3 is 1.84 bits per heavy atom. The lowest BCUT2D eigenvalue weighted by Gasteiger charge is -2.20. The number of benzene rings is 5. The topological polar surface area (TPSA) is 17.1 Å². The highest BCUT2D eigenvalue weighted by Crippen LogP contribution is 2.43. The average Bonchev–Trinajstić information content (AvgIpc) is 2.92. The van der Waals surface area contributed by atoms with Gasteiger partial charge in [-0.05, 0) is 92.4 Å². The second-order valence-corrected chi connectivity index (χ2v) is 16.4. The molecule has 0 fully saturated rings. The number of rotatable bonds is 8. The van der Waals surface area contributed by atoms with Crippen molar-refractivity contribution < 1.29 is 4.79 Å². The van der Waals surface area contributed by atoms with Crippen molar-refractivity contribution >= 4 is 46.7 Å². The van der Waals surface area contributed by atoms with Gasteiger partial charge in [-0.3, -0.25) is 4.79 Å². The number of hydrogen-bond acceptors (Lipinski definition) is 1. The third kappa shape index (κ3) is 5.01. The molecule has 192 valence electrons. The van der Waals surface area contributed by atoms with Crippen molar-refractivity contribution in [3.8, 4) is 22.6 Å². The lowest BCUT2D eigenvalue weighted by molar-refractivity contribution is 0.112. The van der Waals surface area contributed by atoms with Gasteiger partial charge in [-0.1, -0.05) is 101 Å². The van der Waals surface area contributed by atoms with E-state index in [9.17, 15) is 4.79 Å². The molecule has 38 heavy (non-hydrogen) atoms. The molecule has 0 saturated heterocycles. The Bertz CT molecular complexity index is 1670. The normalized spacial score (nSPS) is 11.8. The molecule has 0 spiro atoms. The summed E-state index contributed by atoms with van der Waals surface area (Å²) in [6.45, 7) is 11.5. The van der Waals surface area contributed by atoms with E-state index in [0.29, 0.717) is 5.56 Å². The SMILES string of the molecule is CCCCc1cc(C#C[Si](C)(C)C)c2ccc3c(CCCC)cc(-c4ccc(C=O)cc4)c4ccc1c2c34. The molecule has 5 aromatic rings. The van der Waals surface area contributed by atoms with Crippen LogP contribution < -0.4 is 0 Å². The molecule has 2 heteroatoms. The second kappa shape index (κ2) is 10.8. The van der Waals surface area contributed by atoms with E-state index in [1.165, 1.54) is 80.3 Å². The fourth-order valence-corrected chi connectivity index (χ4v) is 6.14. The van der Waals surface area contributed by atoms with Gasteiger partial charge in [0.05, 0.1) is 0 Å². The van der Waals surface area contributed by atoms with Crippen LogP contribution in [0.3, 0.4) is 0 Å². The zero-order valence-electron chi connectivity index (χ0n) is 23.5. The summed E-state index contributed by atoms with van der Waals surface area (Å²) >= 11 is 0. The maximum absolute atomic E-state index is 11.3. The van der Waals surface area contributed by atoms with Crippen LogP contribution in [-0.4, -0.2) is 14.4 Å². The first-order valence-corrected chi connectivity index (χ1v) is 17.7. The van der Waals surface area contributed by atoms with Crippen LogP contribution in [0.4, 0.5) is 0 Å². The van der Waals surface area contributed by atoms with Gasteiger partial charge in [0.15, 0.2) is 0 Å². The first-order chi connectivity index (χ1) is 18.3. The maximum atomic E-state index is 11.3. The van der Waals surface area contributed by atoms with E-state index >= 15 is 0 Å².